The molecule has 0 fully saturated rings. The van der Waals surface area contributed by atoms with Gasteiger partial charge in [0.05, 0.1) is 6.54 Å². The Morgan fingerprint density at radius 3 is 1.60 bits per heavy atom. The Kier molecular flexibility index (Phi) is 5.69. The van der Waals surface area contributed by atoms with E-state index in [-0.39, 0.29) is 31.1 Å². The van der Waals surface area contributed by atoms with Crippen LogP contribution in [0.4, 0.5) is 0 Å². The number of benzene rings is 2. The van der Waals surface area contributed by atoms with E-state index in [1.807, 2.05) is 52.0 Å². The molecule has 2 rings (SSSR count). The molecule has 2 aromatic rings. The first kappa shape index (κ1) is 18.8. The lowest BCUT2D eigenvalue weighted by atomic mass is 10.0. The van der Waals surface area contributed by atoms with Gasteiger partial charge in [-0.05, 0) is 38.8 Å². The molecular formula is C20H25NO4. The summed E-state index contributed by atoms with van der Waals surface area (Å²) < 4.78 is 0. The first-order valence-corrected chi connectivity index (χ1v) is 8.19. The second kappa shape index (κ2) is 7.57. The van der Waals surface area contributed by atoms with Gasteiger partial charge in [-0.25, -0.2) is 0 Å². The molecule has 0 aliphatic carbocycles. The summed E-state index contributed by atoms with van der Waals surface area (Å²) in [6.07, 6.45) is 0. The van der Waals surface area contributed by atoms with Crippen molar-refractivity contribution in [2.24, 2.45) is 0 Å². The number of aliphatic carboxylic acids is 1. The van der Waals surface area contributed by atoms with Crippen LogP contribution in [0.2, 0.25) is 0 Å². The molecule has 0 amide bonds. The van der Waals surface area contributed by atoms with Crippen molar-refractivity contribution in [2.45, 2.75) is 40.8 Å². The standard InChI is InChI=1S/C20H25NO4/c1-12-5-14(3)19(24)16(7-12)9-21(11-18(22)23)10-17-8-13(2)6-15(4)20(17)25/h5-8,24-25H,9-11H2,1-4H3,(H,22,23). The fourth-order valence-electron chi connectivity index (χ4n) is 3.18. The van der Waals surface area contributed by atoms with E-state index in [0.717, 1.165) is 22.3 Å². The van der Waals surface area contributed by atoms with Gasteiger partial charge in [-0.3, -0.25) is 9.69 Å². The molecule has 0 spiro atoms. The Bertz CT molecular complexity index is 739. The number of hydrogen-bond acceptors (Lipinski definition) is 4. The maximum atomic E-state index is 11.3. The highest BCUT2D eigenvalue weighted by atomic mass is 16.4. The monoisotopic (exact) mass is 343 g/mol. The van der Waals surface area contributed by atoms with Gasteiger partial charge in [-0.2, -0.15) is 0 Å². The molecule has 5 heteroatoms. The minimum atomic E-state index is -0.951. The molecule has 134 valence electrons. The van der Waals surface area contributed by atoms with Gasteiger partial charge in [0, 0.05) is 24.2 Å². The number of aromatic hydroxyl groups is 2. The Labute approximate surface area is 148 Å². The molecule has 0 aliphatic rings. The molecule has 0 saturated heterocycles. The van der Waals surface area contributed by atoms with Gasteiger partial charge in [0.1, 0.15) is 11.5 Å². The number of carboxylic acids is 1. The maximum absolute atomic E-state index is 11.3. The molecule has 0 bridgehead atoms. The van der Waals surface area contributed by atoms with Crippen molar-refractivity contribution in [1.82, 2.24) is 4.90 Å². The van der Waals surface area contributed by atoms with Gasteiger partial charge in [-0.15, -0.1) is 0 Å². The van der Waals surface area contributed by atoms with Gasteiger partial charge in [0.2, 0.25) is 0 Å². The normalized spacial score (nSPS) is 11.1. The summed E-state index contributed by atoms with van der Waals surface area (Å²) >= 11 is 0. The van der Waals surface area contributed by atoms with Crippen molar-refractivity contribution in [3.63, 3.8) is 0 Å². The summed E-state index contributed by atoms with van der Waals surface area (Å²) in [6.45, 7) is 7.91. The lowest BCUT2D eigenvalue weighted by Gasteiger charge is -2.23. The van der Waals surface area contributed by atoms with Crippen LogP contribution in [-0.2, 0) is 17.9 Å². The first-order valence-electron chi connectivity index (χ1n) is 8.19. The lowest BCUT2D eigenvalue weighted by molar-refractivity contribution is -0.138. The summed E-state index contributed by atoms with van der Waals surface area (Å²) in [5, 5.41) is 29.8. The Morgan fingerprint density at radius 2 is 1.24 bits per heavy atom. The number of carbonyl (C=O) groups is 1. The highest BCUT2D eigenvalue weighted by molar-refractivity contribution is 5.69. The summed E-state index contributed by atoms with van der Waals surface area (Å²) in [4.78, 5) is 13.0. The molecule has 0 radical (unpaired) electrons. The molecule has 5 nitrogen and oxygen atoms in total. The minimum absolute atomic E-state index is 0.182. The Morgan fingerprint density at radius 1 is 0.840 bits per heavy atom. The summed E-state index contributed by atoms with van der Waals surface area (Å²) in [6, 6.07) is 7.49. The predicted octanol–water partition coefficient (Wildman–Crippen LogP) is 3.42. The zero-order valence-corrected chi connectivity index (χ0v) is 15.1. The van der Waals surface area contributed by atoms with Gasteiger partial charge in [-0.1, -0.05) is 35.4 Å². The lowest BCUT2D eigenvalue weighted by Crippen LogP contribution is -2.29. The molecule has 0 saturated carbocycles. The van der Waals surface area contributed by atoms with Crippen LogP contribution in [0.3, 0.4) is 0 Å². The zero-order chi connectivity index (χ0) is 18.7. The van der Waals surface area contributed by atoms with E-state index < -0.39 is 5.97 Å². The quantitative estimate of drug-likeness (QED) is 0.749. The molecular weight excluding hydrogens is 318 g/mol. The number of nitrogens with zero attached hydrogens (tertiary/aromatic N) is 1. The van der Waals surface area contributed by atoms with Gasteiger partial charge in [0.15, 0.2) is 0 Å². The summed E-state index contributed by atoms with van der Waals surface area (Å²) in [5.74, 6) is -0.580. The molecule has 0 aromatic heterocycles. The van der Waals surface area contributed by atoms with Crippen LogP contribution >= 0.6 is 0 Å². The van der Waals surface area contributed by atoms with Crippen LogP contribution < -0.4 is 0 Å². The Balaban J connectivity index is 2.33. The van der Waals surface area contributed by atoms with Crippen molar-refractivity contribution < 1.29 is 20.1 Å². The van der Waals surface area contributed by atoms with Crippen LogP contribution in [-0.4, -0.2) is 32.7 Å². The van der Waals surface area contributed by atoms with Crippen molar-refractivity contribution in [1.29, 1.82) is 0 Å². The van der Waals surface area contributed by atoms with Gasteiger partial charge >= 0.3 is 5.97 Å². The topological polar surface area (TPSA) is 81.0 Å². The molecule has 3 N–H and O–H groups in total. The zero-order valence-electron chi connectivity index (χ0n) is 15.1. The van der Waals surface area contributed by atoms with Crippen LogP contribution in [0.15, 0.2) is 24.3 Å². The fraction of sp³-hybridized carbons (Fsp3) is 0.350. The van der Waals surface area contributed by atoms with Crippen molar-refractivity contribution in [3.05, 3.63) is 57.6 Å². The highest BCUT2D eigenvalue weighted by Gasteiger charge is 2.17. The van der Waals surface area contributed by atoms with Crippen LogP contribution in [0, 0.1) is 27.7 Å². The predicted molar refractivity (Wildman–Crippen MR) is 96.9 cm³/mol. The van der Waals surface area contributed by atoms with E-state index in [4.69, 9.17) is 0 Å². The van der Waals surface area contributed by atoms with Crippen LogP contribution in [0.1, 0.15) is 33.4 Å². The molecule has 0 unspecified atom stereocenters. The number of aryl methyl sites for hydroxylation is 4. The molecule has 0 heterocycles. The molecule has 0 aliphatic heterocycles. The van der Waals surface area contributed by atoms with E-state index in [0.29, 0.717) is 11.1 Å². The second-order valence-corrected chi connectivity index (χ2v) is 6.72. The molecule has 25 heavy (non-hydrogen) atoms. The van der Waals surface area contributed by atoms with Crippen molar-refractivity contribution in [3.8, 4) is 11.5 Å². The Hall–Kier alpha value is -2.53. The van der Waals surface area contributed by atoms with E-state index in [2.05, 4.69) is 0 Å². The van der Waals surface area contributed by atoms with Gasteiger partial charge in [0.25, 0.3) is 0 Å². The number of phenolic OH excluding ortho intramolecular Hbond substituents is 2. The van der Waals surface area contributed by atoms with E-state index >= 15 is 0 Å². The average Bonchev–Trinajstić information content (AvgIpc) is 2.48. The summed E-state index contributed by atoms with van der Waals surface area (Å²) in [7, 11) is 0. The average molecular weight is 343 g/mol. The largest absolute Gasteiger partial charge is 0.507 e. The van der Waals surface area contributed by atoms with Crippen LogP contribution in [0.5, 0.6) is 11.5 Å². The summed E-state index contributed by atoms with van der Waals surface area (Å²) in [5.41, 5.74) is 4.91. The minimum Gasteiger partial charge on any atom is -0.507 e. The van der Waals surface area contributed by atoms with Gasteiger partial charge < -0.3 is 15.3 Å². The van der Waals surface area contributed by atoms with Crippen molar-refractivity contribution >= 4 is 5.97 Å². The fourth-order valence-corrected chi connectivity index (χ4v) is 3.18. The smallest absolute Gasteiger partial charge is 0.317 e. The second-order valence-electron chi connectivity index (χ2n) is 6.72. The SMILES string of the molecule is Cc1cc(C)c(O)c(CN(CC(=O)O)Cc2cc(C)cc(C)c2O)c1. The number of phenols is 2. The third-order valence-corrected chi connectivity index (χ3v) is 4.19. The first-order chi connectivity index (χ1) is 11.7. The van der Waals surface area contributed by atoms with Crippen molar-refractivity contribution in [2.75, 3.05) is 6.54 Å². The van der Waals surface area contributed by atoms with E-state index in [1.54, 1.807) is 4.90 Å². The number of rotatable bonds is 6. The molecule has 2 aromatic carbocycles. The van der Waals surface area contributed by atoms with Crippen LogP contribution in [0.25, 0.3) is 0 Å². The maximum Gasteiger partial charge on any atom is 0.317 e. The van der Waals surface area contributed by atoms with E-state index in [1.165, 1.54) is 0 Å². The number of hydrogen-bond donors (Lipinski definition) is 3. The third kappa shape index (κ3) is 4.73. The third-order valence-electron chi connectivity index (χ3n) is 4.19. The number of carboxylic acid groups (broad SMARTS) is 1. The molecule has 0 atom stereocenters. The highest BCUT2D eigenvalue weighted by Crippen LogP contribution is 2.28. The van der Waals surface area contributed by atoms with E-state index in [9.17, 15) is 20.1 Å².